The molecule has 0 radical (unpaired) electrons. The zero-order chi connectivity index (χ0) is 10.8. The van der Waals surface area contributed by atoms with Gasteiger partial charge in [-0.1, -0.05) is 19.3 Å². The van der Waals surface area contributed by atoms with Gasteiger partial charge in [0.15, 0.2) is 0 Å². The number of rotatable bonds is 1. The van der Waals surface area contributed by atoms with Crippen LogP contribution in [0.2, 0.25) is 0 Å². The molecule has 0 amide bonds. The monoisotopic (exact) mass is 206 g/mol. The summed E-state index contributed by atoms with van der Waals surface area (Å²) in [7, 11) is 0. The second-order valence-electron chi connectivity index (χ2n) is 4.26. The van der Waals surface area contributed by atoms with Gasteiger partial charge in [-0.2, -0.15) is 0 Å². The minimum Gasteiger partial charge on any atom is -0.397 e. The summed E-state index contributed by atoms with van der Waals surface area (Å²) in [5.41, 5.74) is 19.8. The Hall–Kier alpha value is -1.45. The fraction of sp³-hybridized carbons (Fsp3) is 0.545. The summed E-state index contributed by atoms with van der Waals surface area (Å²) in [6, 6.07) is 0. The van der Waals surface area contributed by atoms with Crippen molar-refractivity contribution in [2.45, 2.75) is 38.0 Å². The van der Waals surface area contributed by atoms with Crippen LogP contribution in [-0.2, 0) is 0 Å². The van der Waals surface area contributed by atoms with E-state index in [1.54, 1.807) is 0 Å². The molecular weight excluding hydrogens is 188 g/mol. The molecular formula is C11H18N4. The Morgan fingerprint density at radius 1 is 1.07 bits per heavy atom. The van der Waals surface area contributed by atoms with Gasteiger partial charge in [-0.15, -0.1) is 0 Å². The van der Waals surface area contributed by atoms with E-state index in [-0.39, 0.29) is 0 Å². The van der Waals surface area contributed by atoms with Crippen molar-refractivity contribution in [2.75, 3.05) is 17.2 Å². The lowest BCUT2D eigenvalue weighted by Gasteiger charge is -2.24. The Labute approximate surface area is 89.9 Å². The van der Waals surface area contributed by atoms with Gasteiger partial charge in [0, 0.05) is 5.56 Å². The van der Waals surface area contributed by atoms with Crippen LogP contribution in [0.15, 0.2) is 6.20 Å². The first-order valence-corrected chi connectivity index (χ1v) is 5.49. The predicted molar refractivity (Wildman–Crippen MR) is 63.3 cm³/mol. The largest absolute Gasteiger partial charge is 0.397 e. The van der Waals surface area contributed by atoms with E-state index in [0.29, 0.717) is 23.1 Å². The summed E-state index contributed by atoms with van der Waals surface area (Å²) in [5.74, 6) is 1.00. The number of nitrogens with two attached hydrogens (primary N) is 3. The molecule has 0 atom stereocenters. The standard InChI is InChI=1S/C11H18N4/c12-8-6-15-11(14)9(10(8)13)7-4-2-1-3-5-7/h6-7H,1-5,12H2,(H4,13,14,15). The van der Waals surface area contributed by atoms with Gasteiger partial charge < -0.3 is 17.2 Å². The fourth-order valence-electron chi connectivity index (χ4n) is 2.39. The first kappa shape index (κ1) is 10.1. The minimum atomic E-state index is 0.453. The van der Waals surface area contributed by atoms with E-state index in [4.69, 9.17) is 17.2 Å². The number of hydrogen-bond donors (Lipinski definition) is 3. The van der Waals surface area contributed by atoms with Gasteiger partial charge in [0.1, 0.15) is 5.82 Å². The Morgan fingerprint density at radius 3 is 2.40 bits per heavy atom. The van der Waals surface area contributed by atoms with Gasteiger partial charge in [-0.25, -0.2) is 4.98 Å². The molecule has 0 unspecified atom stereocenters. The molecule has 1 aliphatic rings. The Bertz CT molecular complexity index is 356. The molecule has 0 aliphatic heterocycles. The quantitative estimate of drug-likeness (QED) is 0.654. The lowest BCUT2D eigenvalue weighted by molar-refractivity contribution is 0.445. The molecule has 1 aromatic rings. The molecule has 1 heterocycles. The van der Waals surface area contributed by atoms with Gasteiger partial charge in [0.05, 0.1) is 17.6 Å². The molecule has 0 bridgehead atoms. The second kappa shape index (κ2) is 3.96. The van der Waals surface area contributed by atoms with Crippen molar-refractivity contribution in [1.29, 1.82) is 0 Å². The molecule has 2 rings (SSSR count). The molecule has 1 aromatic heterocycles. The van der Waals surface area contributed by atoms with Crippen LogP contribution in [0.1, 0.15) is 43.6 Å². The molecule has 82 valence electrons. The topological polar surface area (TPSA) is 90.9 Å². The fourth-order valence-corrected chi connectivity index (χ4v) is 2.39. The maximum Gasteiger partial charge on any atom is 0.129 e. The van der Waals surface area contributed by atoms with Gasteiger partial charge in [0.25, 0.3) is 0 Å². The maximum absolute atomic E-state index is 5.97. The SMILES string of the molecule is Nc1cnc(N)c(C2CCCCC2)c1N. The molecule has 4 nitrogen and oxygen atoms in total. The lowest BCUT2D eigenvalue weighted by Crippen LogP contribution is -2.12. The van der Waals surface area contributed by atoms with Crippen LogP contribution in [0.25, 0.3) is 0 Å². The molecule has 0 saturated heterocycles. The van der Waals surface area contributed by atoms with Crippen molar-refractivity contribution in [3.05, 3.63) is 11.8 Å². The third-order valence-corrected chi connectivity index (χ3v) is 3.23. The Kier molecular flexibility index (Phi) is 2.66. The average molecular weight is 206 g/mol. The van der Waals surface area contributed by atoms with Gasteiger partial charge >= 0.3 is 0 Å². The van der Waals surface area contributed by atoms with Crippen molar-refractivity contribution >= 4 is 17.2 Å². The molecule has 1 fully saturated rings. The number of anilines is 3. The van der Waals surface area contributed by atoms with Crippen LogP contribution >= 0.6 is 0 Å². The zero-order valence-corrected chi connectivity index (χ0v) is 8.87. The first-order chi connectivity index (χ1) is 7.20. The highest BCUT2D eigenvalue weighted by molar-refractivity contribution is 5.72. The van der Waals surface area contributed by atoms with Crippen molar-refractivity contribution in [3.63, 3.8) is 0 Å². The highest BCUT2D eigenvalue weighted by Crippen LogP contribution is 2.39. The molecule has 4 heteroatoms. The summed E-state index contributed by atoms with van der Waals surface area (Å²) in [5, 5.41) is 0. The molecule has 1 saturated carbocycles. The van der Waals surface area contributed by atoms with E-state index in [0.717, 1.165) is 18.4 Å². The third kappa shape index (κ3) is 1.84. The van der Waals surface area contributed by atoms with Crippen molar-refractivity contribution in [3.8, 4) is 0 Å². The zero-order valence-electron chi connectivity index (χ0n) is 8.87. The van der Waals surface area contributed by atoms with Crippen molar-refractivity contribution < 1.29 is 0 Å². The predicted octanol–water partition coefficient (Wildman–Crippen LogP) is 1.88. The van der Waals surface area contributed by atoms with E-state index in [2.05, 4.69) is 4.98 Å². The average Bonchev–Trinajstić information content (AvgIpc) is 2.26. The lowest BCUT2D eigenvalue weighted by atomic mass is 9.83. The molecule has 0 aromatic carbocycles. The van der Waals surface area contributed by atoms with Gasteiger partial charge in [0.2, 0.25) is 0 Å². The Balaban J connectivity index is 2.36. The molecule has 6 N–H and O–H groups in total. The maximum atomic E-state index is 5.97. The van der Waals surface area contributed by atoms with Gasteiger partial charge in [-0.3, -0.25) is 0 Å². The normalized spacial score (nSPS) is 17.9. The Morgan fingerprint density at radius 2 is 1.73 bits per heavy atom. The highest BCUT2D eigenvalue weighted by atomic mass is 14.9. The number of aromatic nitrogens is 1. The summed E-state index contributed by atoms with van der Waals surface area (Å²) < 4.78 is 0. The first-order valence-electron chi connectivity index (χ1n) is 5.49. The van der Waals surface area contributed by atoms with E-state index in [1.807, 2.05) is 0 Å². The summed E-state index contributed by atoms with van der Waals surface area (Å²) in [6.07, 6.45) is 7.65. The van der Waals surface area contributed by atoms with Crippen LogP contribution in [0.5, 0.6) is 0 Å². The third-order valence-electron chi connectivity index (χ3n) is 3.23. The summed E-state index contributed by atoms with van der Waals surface area (Å²) in [6.45, 7) is 0. The van der Waals surface area contributed by atoms with Crippen LogP contribution < -0.4 is 17.2 Å². The number of hydrogen-bond acceptors (Lipinski definition) is 4. The van der Waals surface area contributed by atoms with Crippen LogP contribution in [0, 0.1) is 0 Å². The summed E-state index contributed by atoms with van der Waals surface area (Å²) in [4.78, 5) is 4.09. The van der Waals surface area contributed by atoms with E-state index in [9.17, 15) is 0 Å². The molecule has 0 spiro atoms. The smallest absolute Gasteiger partial charge is 0.129 e. The van der Waals surface area contributed by atoms with E-state index >= 15 is 0 Å². The van der Waals surface area contributed by atoms with Crippen molar-refractivity contribution in [2.24, 2.45) is 0 Å². The highest BCUT2D eigenvalue weighted by Gasteiger charge is 2.21. The van der Waals surface area contributed by atoms with E-state index in [1.165, 1.54) is 25.5 Å². The minimum absolute atomic E-state index is 0.453. The van der Waals surface area contributed by atoms with E-state index < -0.39 is 0 Å². The van der Waals surface area contributed by atoms with Gasteiger partial charge in [-0.05, 0) is 18.8 Å². The number of pyridine rings is 1. The number of nitrogen functional groups attached to an aromatic ring is 3. The van der Waals surface area contributed by atoms with Crippen LogP contribution in [-0.4, -0.2) is 4.98 Å². The van der Waals surface area contributed by atoms with Crippen molar-refractivity contribution in [1.82, 2.24) is 4.98 Å². The second-order valence-corrected chi connectivity index (χ2v) is 4.26. The van der Waals surface area contributed by atoms with Crippen LogP contribution in [0.3, 0.4) is 0 Å². The van der Waals surface area contributed by atoms with Crippen LogP contribution in [0.4, 0.5) is 17.2 Å². The summed E-state index contributed by atoms with van der Waals surface area (Å²) >= 11 is 0. The molecule has 15 heavy (non-hydrogen) atoms. The number of nitrogens with zero attached hydrogens (tertiary/aromatic N) is 1. The molecule has 1 aliphatic carbocycles.